The van der Waals surface area contributed by atoms with E-state index < -0.39 is 0 Å². The number of halogens is 2. The van der Waals surface area contributed by atoms with Crippen molar-refractivity contribution >= 4 is 15.9 Å². The smallest absolute Gasteiger partial charge is 0.141 e. The van der Waals surface area contributed by atoms with E-state index in [1.54, 1.807) is 12.3 Å². The molecule has 0 bridgehead atoms. The molecule has 2 rings (SSSR count). The van der Waals surface area contributed by atoms with E-state index in [2.05, 4.69) is 25.8 Å². The van der Waals surface area contributed by atoms with Crippen LogP contribution in [-0.2, 0) is 6.54 Å². The van der Waals surface area contributed by atoms with Gasteiger partial charge in [-0.2, -0.15) is 0 Å². The van der Waals surface area contributed by atoms with Crippen LogP contribution in [0.2, 0.25) is 0 Å². The molecule has 0 aliphatic heterocycles. The molecule has 1 saturated carbocycles. The second kappa shape index (κ2) is 5.73. The second-order valence-corrected chi connectivity index (χ2v) is 5.05. The molecular formula is C12H16BrFN2. The molecule has 0 saturated heterocycles. The first kappa shape index (κ1) is 12.0. The molecule has 0 unspecified atom stereocenters. The molecule has 0 aromatic carbocycles. The van der Waals surface area contributed by atoms with Crippen molar-refractivity contribution in [1.82, 2.24) is 9.88 Å². The van der Waals surface area contributed by atoms with Gasteiger partial charge in [0.1, 0.15) is 5.82 Å². The van der Waals surface area contributed by atoms with E-state index in [0.717, 1.165) is 24.0 Å². The summed E-state index contributed by atoms with van der Waals surface area (Å²) < 4.78 is 13.0. The Morgan fingerprint density at radius 3 is 2.81 bits per heavy atom. The number of pyridine rings is 1. The molecule has 4 heteroatoms. The summed E-state index contributed by atoms with van der Waals surface area (Å²) in [5.41, 5.74) is 0.966. The molecule has 1 heterocycles. The van der Waals surface area contributed by atoms with E-state index in [9.17, 15) is 4.39 Å². The van der Waals surface area contributed by atoms with E-state index in [0.29, 0.717) is 6.04 Å². The third kappa shape index (κ3) is 3.01. The van der Waals surface area contributed by atoms with Gasteiger partial charge in [0, 0.05) is 30.7 Å². The fourth-order valence-electron chi connectivity index (χ4n) is 2.03. The van der Waals surface area contributed by atoms with E-state index in [-0.39, 0.29) is 5.82 Å². The fraction of sp³-hybridized carbons (Fsp3) is 0.583. The number of nitrogens with zero attached hydrogens (tertiary/aromatic N) is 2. The Morgan fingerprint density at radius 2 is 2.25 bits per heavy atom. The molecule has 0 amide bonds. The van der Waals surface area contributed by atoms with Crippen LogP contribution in [0.5, 0.6) is 0 Å². The van der Waals surface area contributed by atoms with Crippen molar-refractivity contribution in [1.29, 1.82) is 0 Å². The Balaban J connectivity index is 1.98. The Morgan fingerprint density at radius 1 is 1.44 bits per heavy atom. The van der Waals surface area contributed by atoms with Gasteiger partial charge in [0.2, 0.25) is 0 Å². The van der Waals surface area contributed by atoms with Crippen molar-refractivity contribution in [2.45, 2.75) is 31.8 Å². The lowest BCUT2D eigenvalue weighted by Crippen LogP contribution is -2.40. The van der Waals surface area contributed by atoms with Gasteiger partial charge in [-0.05, 0) is 24.5 Å². The van der Waals surface area contributed by atoms with Crippen LogP contribution < -0.4 is 0 Å². The van der Waals surface area contributed by atoms with Gasteiger partial charge in [0.15, 0.2) is 0 Å². The summed E-state index contributed by atoms with van der Waals surface area (Å²) in [5, 5.41) is 0.965. The van der Waals surface area contributed by atoms with Crippen LogP contribution in [0, 0.1) is 5.82 Å². The molecule has 88 valence electrons. The molecule has 1 aromatic heterocycles. The molecular weight excluding hydrogens is 271 g/mol. The number of hydrogen-bond donors (Lipinski definition) is 0. The van der Waals surface area contributed by atoms with Gasteiger partial charge in [0.05, 0.1) is 6.20 Å². The topological polar surface area (TPSA) is 16.1 Å². The van der Waals surface area contributed by atoms with Gasteiger partial charge in [-0.3, -0.25) is 9.88 Å². The van der Waals surface area contributed by atoms with Crippen LogP contribution in [0.1, 0.15) is 24.8 Å². The zero-order valence-corrected chi connectivity index (χ0v) is 10.8. The van der Waals surface area contributed by atoms with Crippen molar-refractivity contribution in [3.63, 3.8) is 0 Å². The van der Waals surface area contributed by atoms with Crippen LogP contribution >= 0.6 is 15.9 Å². The standard InChI is InChI=1S/C12H16BrFN2/c13-4-5-16(12-2-1-3-12)9-10-6-11(14)8-15-7-10/h6-8,12H,1-5,9H2. The highest BCUT2D eigenvalue weighted by atomic mass is 79.9. The molecule has 2 nitrogen and oxygen atoms in total. The summed E-state index contributed by atoms with van der Waals surface area (Å²) in [5.74, 6) is -0.245. The first-order chi connectivity index (χ1) is 7.79. The maximum Gasteiger partial charge on any atom is 0.141 e. The van der Waals surface area contributed by atoms with Crippen molar-refractivity contribution in [3.05, 3.63) is 29.8 Å². The Hall–Kier alpha value is -0.480. The molecule has 0 atom stereocenters. The average molecular weight is 287 g/mol. The van der Waals surface area contributed by atoms with Crippen LogP contribution in [0.4, 0.5) is 4.39 Å². The monoisotopic (exact) mass is 286 g/mol. The first-order valence-corrected chi connectivity index (χ1v) is 6.81. The lowest BCUT2D eigenvalue weighted by Gasteiger charge is -2.37. The minimum Gasteiger partial charge on any atom is -0.295 e. The zero-order chi connectivity index (χ0) is 11.4. The Kier molecular flexibility index (Phi) is 4.29. The highest BCUT2D eigenvalue weighted by molar-refractivity contribution is 9.09. The maximum atomic E-state index is 13.0. The maximum absolute atomic E-state index is 13.0. The number of alkyl halides is 1. The van der Waals surface area contributed by atoms with Gasteiger partial charge < -0.3 is 0 Å². The van der Waals surface area contributed by atoms with Crippen LogP contribution in [0.15, 0.2) is 18.5 Å². The SMILES string of the molecule is Fc1cncc(CN(CCBr)C2CCC2)c1. The predicted octanol–water partition coefficient (Wildman–Crippen LogP) is 2.97. The lowest BCUT2D eigenvalue weighted by atomic mass is 9.91. The van der Waals surface area contributed by atoms with E-state index in [4.69, 9.17) is 0 Å². The van der Waals surface area contributed by atoms with Gasteiger partial charge in [-0.25, -0.2) is 4.39 Å². The molecule has 16 heavy (non-hydrogen) atoms. The van der Waals surface area contributed by atoms with Gasteiger partial charge in [0.25, 0.3) is 0 Å². The second-order valence-electron chi connectivity index (χ2n) is 4.26. The number of hydrogen-bond acceptors (Lipinski definition) is 2. The fourth-order valence-corrected chi connectivity index (χ4v) is 2.48. The molecule has 1 aromatic rings. The quantitative estimate of drug-likeness (QED) is 0.774. The predicted molar refractivity (Wildman–Crippen MR) is 66.0 cm³/mol. The summed E-state index contributed by atoms with van der Waals surface area (Å²) in [7, 11) is 0. The summed E-state index contributed by atoms with van der Waals surface area (Å²) in [6, 6.07) is 2.26. The number of aromatic nitrogens is 1. The van der Waals surface area contributed by atoms with E-state index in [1.807, 2.05) is 0 Å². The molecule has 1 aliphatic carbocycles. The average Bonchev–Trinajstić information content (AvgIpc) is 2.15. The highest BCUT2D eigenvalue weighted by Gasteiger charge is 2.24. The molecule has 0 radical (unpaired) electrons. The Bertz CT molecular complexity index is 342. The van der Waals surface area contributed by atoms with Crippen molar-refractivity contribution in [3.8, 4) is 0 Å². The largest absolute Gasteiger partial charge is 0.295 e. The summed E-state index contributed by atoms with van der Waals surface area (Å²) >= 11 is 3.47. The van der Waals surface area contributed by atoms with Crippen LogP contribution in [0.25, 0.3) is 0 Å². The first-order valence-electron chi connectivity index (χ1n) is 5.69. The lowest BCUT2D eigenvalue weighted by molar-refractivity contribution is 0.128. The summed E-state index contributed by atoms with van der Waals surface area (Å²) in [6.45, 7) is 1.82. The minimum absolute atomic E-state index is 0.245. The van der Waals surface area contributed by atoms with E-state index in [1.165, 1.54) is 25.5 Å². The van der Waals surface area contributed by atoms with Gasteiger partial charge >= 0.3 is 0 Å². The van der Waals surface area contributed by atoms with Crippen molar-refractivity contribution in [2.75, 3.05) is 11.9 Å². The number of rotatable bonds is 5. The molecule has 0 spiro atoms. The normalized spacial score (nSPS) is 16.4. The highest BCUT2D eigenvalue weighted by Crippen LogP contribution is 2.26. The Labute approximate surface area is 104 Å². The molecule has 1 aliphatic rings. The summed E-state index contributed by atoms with van der Waals surface area (Å²) in [4.78, 5) is 6.30. The minimum atomic E-state index is -0.245. The zero-order valence-electron chi connectivity index (χ0n) is 9.20. The van der Waals surface area contributed by atoms with Crippen molar-refractivity contribution < 1.29 is 4.39 Å². The van der Waals surface area contributed by atoms with Crippen molar-refractivity contribution in [2.24, 2.45) is 0 Å². The van der Waals surface area contributed by atoms with Crippen LogP contribution in [0.3, 0.4) is 0 Å². The third-order valence-electron chi connectivity index (χ3n) is 3.11. The third-order valence-corrected chi connectivity index (χ3v) is 3.46. The molecule has 1 fully saturated rings. The molecule has 0 N–H and O–H groups in total. The van der Waals surface area contributed by atoms with E-state index >= 15 is 0 Å². The summed E-state index contributed by atoms with van der Waals surface area (Å²) in [6.07, 6.45) is 6.88. The van der Waals surface area contributed by atoms with Crippen LogP contribution in [-0.4, -0.2) is 27.8 Å². The van der Waals surface area contributed by atoms with Gasteiger partial charge in [-0.15, -0.1) is 0 Å². The van der Waals surface area contributed by atoms with Gasteiger partial charge in [-0.1, -0.05) is 22.4 Å².